The van der Waals surface area contributed by atoms with Crippen LogP contribution in [0.25, 0.3) is 17.1 Å². The van der Waals surface area contributed by atoms with Gasteiger partial charge in [-0.15, -0.1) is 5.10 Å². The number of nitrogens with zero attached hydrogens (tertiary/aromatic N) is 3. The van der Waals surface area contributed by atoms with Gasteiger partial charge in [-0.25, -0.2) is 4.68 Å². The first-order valence-electron chi connectivity index (χ1n) is 7.14. The van der Waals surface area contributed by atoms with Gasteiger partial charge in [0.1, 0.15) is 11.5 Å². The standard InChI is InChI=1S/C16H18N4O/c1-2-10-17-11-14-8-9-16(21-14)15-12-18-19-20(15)13-6-4-3-5-7-13/h3-9,12,17H,2,10-11H2,1H3. The minimum absolute atomic E-state index is 0.737. The molecule has 1 aromatic carbocycles. The molecule has 0 fully saturated rings. The maximum absolute atomic E-state index is 5.87. The second-order valence-electron chi connectivity index (χ2n) is 4.81. The zero-order chi connectivity index (χ0) is 14.5. The predicted octanol–water partition coefficient (Wildman–Crippen LogP) is 3.03. The summed E-state index contributed by atoms with van der Waals surface area (Å²) in [6, 6.07) is 13.9. The maximum atomic E-state index is 5.87. The Morgan fingerprint density at radius 1 is 1.14 bits per heavy atom. The summed E-state index contributed by atoms with van der Waals surface area (Å²) in [5.74, 6) is 1.69. The Hall–Kier alpha value is -2.40. The average Bonchev–Trinajstić information content (AvgIpc) is 3.17. The summed E-state index contributed by atoms with van der Waals surface area (Å²) in [5, 5.41) is 11.5. The Labute approximate surface area is 123 Å². The van der Waals surface area contributed by atoms with Crippen molar-refractivity contribution in [3.63, 3.8) is 0 Å². The van der Waals surface area contributed by atoms with Crippen molar-refractivity contribution in [2.75, 3.05) is 6.54 Å². The second kappa shape index (κ2) is 6.37. The molecule has 0 radical (unpaired) electrons. The fraction of sp³-hybridized carbons (Fsp3) is 0.250. The van der Waals surface area contributed by atoms with Gasteiger partial charge in [-0.1, -0.05) is 30.3 Å². The van der Waals surface area contributed by atoms with Crippen molar-refractivity contribution >= 4 is 0 Å². The van der Waals surface area contributed by atoms with Gasteiger partial charge < -0.3 is 9.73 Å². The van der Waals surface area contributed by atoms with E-state index in [-0.39, 0.29) is 0 Å². The van der Waals surface area contributed by atoms with Crippen molar-refractivity contribution in [2.45, 2.75) is 19.9 Å². The van der Waals surface area contributed by atoms with Crippen LogP contribution in [-0.4, -0.2) is 21.5 Å². The van der Waals surface area contributed by atoms with E-state index in [0.717, 1.165) is 42.4 Å². The van der Waals surface area contributed by atoms with E-state index in [1.54, 1.807) is 10.9 Å². The highest BCUT2D eigenvalue weighted by molar-refractivity contribution is 5.54. The number of rotatable bonds is 6. The third-order valence-electron chi connectivity index (χ3n) is 3.19. The van der Waals surface area contributed by atoms with Gasteiger partial charge >= 0.3 is 0 Å². The van der Waals surface area contributed by atoms with Crippen molar-refractivity contribution in [3.05, 3.63) is 54.4 Å². The van der Waals surface area contributed by atoms with Gasteiger partial charge in [0, 0.05) is 0 Å². The van der Waals surface area contributed by atoms with Crippen LogP contribution in [0, 0.1) is 0 Å². The fourth-order valence-corrected chi connectivity index (χ4v) is 2.16. The molecule has 0 saturated heterocycles. The molecule has 5 nitrogen and oxygen atoms in total. The quantitative estimate of drug-likeness (QED) is 0.706. The summed E-state index contributed by atoms with van der Waals surface area (Å²) in [5.41, 5.74) is 1.81. The lowest BCUT2D eigenvalue weighted by atomic mass is 10.3. The van der Waals surface area contributed by atoms with Crippen LogP contribution < -0.4 is 5.32 Å². The Balaban J connectivity index is 1.84. The molecule has 1 N–H and O–H groups in total. The molecular weight excluding hydrogens is 264 g/mol. The van der Waals surface area contributed by atoms with Gasteiger partial charge in [-0.2, -0.15) is 0 Å². The van der Waals surface area contributed by atoms with Gasteiger partial charge in [0.05, 0.1) is 18.4 Å². The van der Waals surface area contributed by atoms with E-state index in [9.17, 15) is 0 Å². The maximum Gasteiger partial charge on any atom is 0.154 e. The number of furan rings is 1. The number of benzene rings is 1. The van der Waals surface area contributed by atoms with E-state index < -0.39 is 0 Å². The summed E-state index contributed by atoms with van der Waals surface area (Å²) in [7, 11) is 0. The molecule has 5 heteroatoms. The zero-order valence-electron chi connectivity index (χ0n) is 12.0. The zero-order valence-corrected chi connectivity index (χ0v) is 12.0. The van der Waals surface area contributed by atoms with Crippen molar-refractivity contribution in [2.24, 2.45) is 0 Å². The molecular formula is C16H18N4O. The molecule has 2 aromatic heterocycles. The van der Waals surface area contributed by atoms with E-state index in [0.29, 0.717) is 0 Å². The van der Waals surface area contributed by atoms with Gasteiger partial charge in [0.15, 0.2) is 5.76 Å². The summed E-state index contributed by atoms with van der Waals surface area (Å²) < 4.78 is 7.65. The van der Waals surface area contributed by atoms with E-state index in [2.05, 4.69) is 22.6 Å². The van der Waals surface area contributed by atoms with E-state index in [1.807, 2.05) is 42.5 Å². The molecule has 0 saturated carbocycles. The van der Waals surface area contributed by atoms with Crippen LogP contribution in [-0.2, 0) is 6.54 Å². The highest BCUT2D eigenvalue weighted by Crippen LogP contribution is 2.23. The van der Waals surface area contributed by atoms with E-state index >= 15 is 0 Å². The van der Waals surface area contributed by atoms with Gasteiger partial charge in [0.2, 0.25) is 0 Å². The van der Waals surface area contributed by atoms with Crippen LogP contribution >= 0.6 is 0 Å². The van der Waals surface area contributed by atoms with Gasteiger partial charge in [-0.3, -0.25) is 0 Å². The van der Waals surface area contributed by atoms with Crippen molar-refractivity contribution < 1.29 is 4.42 Å². The topological polar surface area (TPSA) is 55.9 Å². The molecule has 108 valence electrons. The van der Waals surface area contributed by atoms with Crippen LogP contribution in [0.15, 0.2) is 53.1 Å². The third-order valence-corrected chi connectivity index (χ3v) is 3.19. The van der Waals surface area contributed by atoms with Crippen molar-refractivity contribution in [3.8, 4) is 17.1 Å². The average molecular weight is 282 g/mol. The van der Waals surface area contributed by atoms with E-state index in [4.69, 9.17) is 4.42 Å². The normalized spacial score (nSPS) is 10.9. The molecule has 0 atom stereocenters. The molecule has 0 bridgehead atoms. The molecule has 21 heavy (non-hydrogen) atoms. The lowest BCUT2D eigenvalue weighted by Gasteiger charge is -2.03. The highest BCUT2D eigenvalue weighted by atomic mass is 16.3. The van der Waals surface area contributed by atoms with Crippen LogP contribution in [0.3, 0.4) is 0 Å². The minimum Gasteiger partial charge on any atom is -0.458 e. The highest BCUT2D eigenvalue weighted by Gasteiger charge is 2.12. The summed E-state index contributed by atoms with van der Waals surface area (Å²) in [6.45, 7) is 3.87. The minimum atomic E-state index is 0.737. The first-order valence-corrected chi connectivity index (χ1v) is 7.14. The van der Waals surface area contributed by atoms with Crippen molar-refractivity contribution in [1.82, 2.24) is 20.3 Å². The van der Waals surface area contributed by atoms with Crippen LogP contribution in [0.2, 0.25) is 0 Å². The molecule has 0 amide bonds. The van der Waals surface area contributed by atoms with E-state index in [1.165, 1.54) is 0 Å². The van der Waals surface area contributed by atoms with Gasteiger partial charge in [0.25, 0.3) is 0 Å². The fourth-order valence-electron chi connectivity index (χ4n) is 2.16. The third kappa shape index (κ3) is 3.03. The number of para-hydroxylation sites is 1. The number of nitrogens with one attached hydrogen (secondary N) is 1. The first kappa shape index (κ1) is 13.6. The van der Waals surface area contributed by atoms with Gasteiger partial charge in [-0.05, 0) is 37.2 Å². The Morgan fingerprint density at radius 3 is 2.81 bits per heavy atom. The molecule has 3 aromatic rings. The lowest BCUT2D eigenvalue weighted by Crippen LogP contribution is -2.12. The molecule has 0 unspecified atom stereocenters. The Morgan fingerprint density at radius 2 is 2.00 bits per heavy atom. The summed E-state index contributed by atoms with van der Waals surface area (Å²) in [6.07, 6.45) is 2.83. The van der Waals surface area contributed by atoms with Crippen LogP contribution in [0.5, 0.6) is 0 Å². The number of hydrogen-bond donors (Lipinski definition) is 1. The molecule has 0 aliphatic heterocycles. The molecule has 3 rings (SSSR count). The Bertz CT molecular complexity index is 687. The summed E-state index contributed by atoms with van der Waals surface area (Å²) >= 11 is 0. The van der Waals surface area contributed by atoms with Crippen LogP contribution in [0.1, 0.15) is 19.1 Å². The Kier molecular flexibility index (Phi) is 4.12. The first-order chi connectivity index (χ1) is 10.4. The lowest BCUT2D eigenvalue weighted by molar-refractivity contribution is 0.491. The summed E-state index contributed by atoms with van der Waals surface area (Å²) in [4.78, 5) is 0. The molecule has 0 aliphatic rings. The SMILES string of the molecule is CCCNCc1ccc(-c2cnnn2-c2ccccc2)o1. The number of aromatic nitrogens is 3. The predicted molar refractivity (Wildman–Crippen MR) is 81.1 cm³/mol. The molecule has 0 aliphatic carbocycles. The molecule has 2 heterocycles. The largest absolute Gasteiger partial charge is 0.458 e. The number of hydrogen-bond acceptors (Lipinski definition) is 4. The van der Waals surface area contributed by atoms with Crippen LogP contribution in [0.4, 0.5) is 0 Å². The molecule has 0 spiro atoms. The monoisotopic (exact) mass is 282 g/mol. The van der Waals surface area contributed by atoms with Crippen molar-refractivity contribution in [1.29, 1.82) is 0 Å². The smallest absolute Gasteiger partial charge is 0.154 e. The second-order valence-corrected chi connectivity index (χ2v) is 4.81.